The maximum absolute atomic E-state index is 12.5. The van der Waals surface area contributed by atoms with Gasteiger partial charge in [-0.25, -0.2) is 0 Å². The Kier molecular flexibility index (Phi) is 5.31. The number of thioether (sulfide) groups is 1. The fraction of sp³-hybridized carbons (Fsp3) is 0.182. The van der Waals surface area contributed by atoms with Crippen LogP contribution in [0.3, 0.4) is 0 Å². The minimum Gasteiger partial charge on any atom is -0.487 e. The lowest BCUT2D eigenvalue weighted by Gasteiger charge is -2.20. The highest BCUT2D eigenvalue weighted by Crippen LogP contribution is 2.28. The maximum atomic E-state index is 12.5. The number of amides is 1. The molecule has 2 aromatic rings. The van der Waals surface area contributed by atoms with Gasteiger partial charge in [0.05, 0.1) is 5.57 Å². The Labute approximate surface area is 173 Å². The molecular formula is C22H20N4O2S. The predicted octanol–water partition coefficient (Wildman–Crippen LogP) is 4.26. The van der Waals surface area contributed by atoms with E-state index in [-0.39, 0.29) is 18.0 Å². The summed E-state index contributed by atoms with van der Waals surface area (Å²) in [4.78, 5) is 16.6. The van der Waals surface area contributed by atoms with Crippen molar-refractivity contribution in [2.45, 2.75) is 20.3 Å². The van der Waals surface area contributed by atoms with Crippen LogP contribution in [0, 0.1) is 12.3 Å². The number of amidine groups is 2. The van der Waals surface area contributed by atoms with Gasteiger partial charge in [0.1, 0.15) is 17.4 Å². The van der Waals surface area contributed by atoms with Crippen LogP contribution in [0.15, 0.2) is 64.2 Å². The number of ether oxygens (including phenoxy) is 1. The van der Waals surface area contributed by atoms with E-state index in [9.17, 15) is 4.79 Å². The zero-order valence-corrected chi connectivity index (χ0v) is 17.0. The summed E-state index contributed by atoms with van der Waals surface area (Å²) < 4.78 is 5.78. The van der Waals surface area contributed by atoms with E-state index in [1.807, 2.05) is 55.5 Å². The van der Waals surface area contributed by atoms with Crippen LogP contribution in [0.5, 0.6) is 5.75 Å². The average molecular weight is 404 g/mol. The molecular weight excluding hydrogens is 384 g/mol. The van der Waals surface area contributed by atoms with Gasteiger partial charge in [0.2, 0.25) is 5.17 Å². The molecule has 0 atom stereocenters. The van der Waals surface area contributed by atoms with Gasteiger partial charge in [-0.3, -0.25) is 10.2 Å². The van der Waals surface area contributed by atoms with E-state index in [0.29, 0.717) is 10.2 Å². The standard InChI is InChI=1S/C22H20N4O2S/c1-3-15-7-9-16(10-8-15)12-18-20(23)26-22(24-21(18)27)29-19(25-26)13-28-17-6-4-5-14(2)11-17/h4-12,23H,3,13H2,1-2H3/b18-12+,23-20?. The van der Waals surface area contributed by atoms with Gasteiger partial charge < -0.3 is 4.74 Å². The molecule has 4 rings (SSSR count). The Bertz CT molecular complexity index is 1070. The number of carbonyl (C=O) groups is 1. The van der Waals surface area contributed by atoms with Crippen LogP contribution in [-0.4, -0.2) is 33.6 Å². The largest absolute Gasteiger partial charge is 0.487 e. The van der Waals surface area contributed by atoms with Crippen LogP contribution in [0.4, 0.5) is 0 Å². The minimum absolute atomic E-state index is 0.0256. The molecule has 2 aliphatic rings. The van der Waals surface area contributed by atoms with Gasteiger partial charge in [-0.15, -0.1) is 0 Å². The molecule has 0 radical (unpaired) electrons. The van der Waals surface area contributed by atoms with Gasteiger partial charge >= 0.3 is 0 Å². The number of aliphatic imine (C=N–C) groups is 1. The average Bonchev–Trinajstić information content (AvgIpc) is 3.13. The Morgan fingerprint density at radius 3 is 2.72 bits per heavy atom. The molecule has 0 saturated carbocycles. The third kappa shape index (κ3) is 4.14. The molecule has 29 heavy (non-hydrogen) atoms. The van der Waals surface area contributed by atoms with Crippen molar-refractivity contribution in [1.29, 1.82) is 5.41 Å². The van der Waals surface area contributed by atoms with Gasteiger partial charge in [0.15, 0.2) is 5.84 Å². The number of hydrazone groups is 1. The maximum Gasteiger partial charge on any atom is 0.283 e. The van der Waals surface area contributed by atoms with E-state index in [1.165, 1.54) is 22.3 Å². The Hall–Kier alpha value is -3.19. The minimum atomic E-state index is -0.427. The fourth-order valence-corrected chi connectivity index (χ4v) is 3.75. The summed E-state index contributed by atoms with van der Waals surface area (Å²) in [6.07, 6.45) is 2.64. The first-order valence-electron chi connectivity index (χ1n) is 9.31. The number of aryl methyl sites for hydroxylation is 2. The molecule has 0 aliphatic carbocycles. The highest BCUT2D eigenvalue weighted by Gasteiger charge is 2.35. The Morgan fingerprint density at radius 2 is 2.00 bits per heavy atom. The Balaban J connectivity index is 1.51. The second-order valence-electron chi connectivity index (χ2n) is 6.71. The van der Waals surface area contributed by atoms with Crippen molar-refractivity contribution in [3.63, 3.8) is 0 Å². The summed E-state index contributed by atoms with van der Waals surface area (Å²) >= 11 is 1.25. The van der Waals surface area contributed by atoms with E-state index in [1.54, 1.807) is 6.08 Å². The van der Waals surface area contributed by atoms with Crippen LogP contribution < -0.4 is 4.74 Å². The van der Waals surface area contributed by atoms with E-state index < -0.39 is 5.91 Å². The van der Waals surface area contributed by atoms with Gasteiger partial charge in [0, 0.05) is 0 Å². The van der Waals surface area contributed by atoms with Gasteiger partial charge in [-0.2, -0.15) is 15.1 Å². The lowest BCUT2D eigenvalue weighted by Crippen LogP contribution is -2.35. The van der Waals surface area contributed by atoms with Crippen LogP contribution in [0.25, 0.3) is 6.08 Å². The summed E-state index contributed by atoms with van der Waals surface area (Å²) in [7, 11) is 0. The van der Waals surface area contributed by atoms with E-state index >= 15 is 0 Å². The molecule has 0 unspecified atom stereocenters. The number of carbonyl (C=O) groups excluding carboxylic acids is 1. The molecule has 0 bridgehead atoms. The summed E-state index contributed by atoms with van der Waals surface area (Å²) in [5.74, 6) is 0.351. The molecule has 6 nitrogen and oxygen atoms in total. The fourth-order valence-electron chi connectivity index (χ4n) is 2.96. The number of nitrogens with one attached hydrogen (secondary N) is 1. The summed E-state index contributed by atoms with van der Waals surface area (Å²) in [5.41, 5.74) is 3.41. The molecule has 2 heterocycles. The van der Waals surface area contributed by atoms with Crippen molar-refractivity contribution in [2.24, 2.45) is 10.1 Å². The third-order valence-electron chi connectivity index (χ3n) is 4.55. The lowest BCUT2D eigenvalue weighted by molar-refractivity contribution is -0.114. The molecule has 0 aromatic heterocycles. The molecule has 1 amide bonds. The first kappa shape index (κ1) is 19.1. The molecule has 0 spiro atoms. The number of nitrogens with zero attached hydrogens (tertiary/aromatic N) is 3. The number of hydrogen-bond acceptors (Lipinski definition) is 5. The zero-order chi connectivity index (χ0) is 20.4. The van der Waals surface area contributed by atoms with Crippen LogP contribution in [0.2, 0.25) is 0 Å². The second kappa shape index (κ2) is 8.05. The van der Waals surface area contributed by atoms with Crippen molar-refractivity contribution >= 4 is 39.8 Å². The first-order valence-corrected chi connectivity index (χ1v) is 10.1. The number of hydrogen-bond donors (Lipinski definition) is 1. The summed E-state index contributed by atoms with van der Waals surface area (Å²) in [6, 6.07) is 15.7. The SMILES string of the molecule is CCc1ccc(/C=C2\C(=N)N3N=C(COc4cccc(C)c4)SC3=NC2=O)cc1. The summed E-state index contributed by atoms with van der Waals surface area (Å²) in [5, 5.41) is 15.3. The Morgan fingerprint density at radius 1 is 1.21 bits per heavy atom. The first-order chi connectivity index (χ1) is 14.0. The third-order valence-corrected chi connectivity index (χ3v) is 5.43. The van der Waals surface area contributed by atoms with Crippen molar-refractivity contribution < 1.29 is 9.53 Å². The van der Waals surface area contributed by atoms with Crippen molar-refractivity contribution in [3.8, 4) is 5.75 Å². The highest BCUT2D eigenvalue weighted by atomic mass is 32.2. The summed E-state index contributed by atoms with van der Waals surface area (Å²) in [6.45, 7) is 4.34. The van der Waals surface area contributed by atoms with Crippen molar-refractivity contribution in [2.75, 3.05) is 6.61 Å². The predicted molar refractivity (Wildman–Crippen MR) is 118 cm³/mol. The van der Waals surface area contributed by atoms with Gasteiger partial charge in [0.25, 0.3) is 5.91 Å². The highest BCUT2D eigenvalue weighted by molar-refractivity contribution is 8.27. The molecule has 0 saturated heterocycles. The van der Waals surface area contributed by atoms with Gasteiger partial charge in [-0.05, 0) is 60.0 Å². The number of rotatable bonds is 5. The monoisotopic (exact) mass is 404 g/mol. The smallest absolute Gasteiger partial charge is 0.283 e. The topological polar surface area (TPSA) is 78.1 Å². The van der Waals surface area contributed by atoms with Crippen molar-refractivity contribution in [3.05, 3.63) is 70.8 Å². The normalized spacial score (nSPS) is 17.3. The lowest BCUT2D eigenvalue weighted by atomic mass is 10.1. The molecule has 146 valence electrons. The van der Waals surface area contributed by atoms with E-state index in [0.717, 1.165) is 23.3 Å². The second-order valence-corrected chi connectivity index (χ2v) is 7.75. The molecule has 7 heteroatoms. The van der Waals surface area contributed by atoms with Gasteiger partial charge in [-0.1, -0.05) is 43.3 Å². The van der Waals surface area contributed by atoms with Crippen LogP contribution in [0.1, 0.15) is 23.6 Å². The molecule has 1 N–H and O–H groups in total. The number of benzene rings is 2. The number of fused-ring (bicyclic) bond motifs is 1. The zero-order valence-electron chi connectivity index (χ0n) is 16.2. The quantitative estimate of drug-likeness (QED) is 0.756. The molecule has 2 aromatic carbocycles. The molecule has 2 aliphatic heterocycles. The van der Waals surface area contributed by atoms with E-state index in [2.05, 4.69) is 17.0 Å². The molecule has 0 fully saturated rings. The van der Waals surface area contributed by atoms with E-state index in [4.69, 9.17) is 10.1 Å². The van der Waals surface area contributed by atoms with Crippen LogP contribution >= 0.6 is 11.8 Å². The van der Waals surface area contributed by atoms with Crippen LogP contribution in [-0.2, 0) is 11.2 Å². The van der Waals surface area contributed by atoms with Crippen molar-refractivity contribution in [1.82, 2.24) is 5.01 Å².